The van der Waals surface area contributed by atoms with Gasteiger partial charge in [0.05, 0.1) is 6.10 Å². The molecule has 4 rings (SSSR count). The fourth-order valence-corrected chi connectivity index (χ4v) is 7.68. The molecule has 0 bridgehead atoms. The van der Waals surface area contributed by atoms with Gasteiger partial charge >= 0.3 is 0 Å². The molecule has 21 heavy (non-hydrogen) atoms. The second kappa shape index (κ2) is 4.73. The molecule has 0 amide bonds. The summed E-state index contributed by atoms with van der Waals surface area (Å²) in [4.78, 5) is 0. The first-order valence-corrected chi connectivity index (χ1v) is 9.62. The summed E-state index contributed by atoms with van der Waals surface area (Å²) in [5, 5.41) is 11.0. The van der Waals surface area contributed by atoms with Crippen LogP contribution in [-0.2, 0) is 0 Å². The van der Waals surface area contributed by atoms with Crippen LogP contribution in [0.15, 0.2) is 0 Å². The lowest BCUT2D eigenvalue weighted by atomic mass is 9.45. The molecule has 0 aromatic rings. The van der Waals surface area contributed by atoms with Crippen molar-refractivity contribution in [2.24, 2.45) is 40.4 Å². The van der Waals surface area contributed by atoms with Gasteiger partial charge in [-0.05, 0) is 85.4 Å². The molecule has 4 fully saturated rings. The Bertz CT molecular complexity index is 418. The van der Waals surface area contributed by atoms with E-state index in [0.29, 0.717) is 16.7 Å². The predicted octanol–water partition coefficient (Wildman–Crippen LogP) is 5.03. The molecule has 0 heterocycles. The minimum Gasteiger partial charge on any atom is -0.393 e. The Balaban J connectivity index is 1.68. The van der Waals surface area contributed by atoms with Gasteiger partial charge in [0, 0.05) is 0 Å². The molecule has 0 aromatic heterocycles. The third-order valence-corrected chi connectivity index (χ3v) is 8.59. The Morgan fingerprint density at radius 3 is 2.57 bits per heavy atom. The molecule has 1 heteroatoms. The van der Waals surface area contributed by atoms with Crippen LogP contribution in [0.2, 0.25) is 0 Å². The molecular weight excluding hydrogens is 256 g/mol. The first-order valence-electron chi connectivity index (χ1n) is 9.62. The van der Waals surface area contributed by atoms with Crippen molar-refractivity contribution in [1.82, 2.24) is 0 Å². The molecule has 0 aromatic carbocycles. The van der Waals surface area contributed by atoms with Crippen molar-refractivity contribution in [1.29, 1.82) is 0 Å². The van der Waals surface area contributed by atoms with E-state index in [2.05, 4.69) is 20.8 Å². The molecule has 0 saturated heterocycles. The maximum absolute atomic E-state index is 11.0. The lowest BCUT2D eigenvalue weighted by molar-refractivity contribution is -0.157. The average Bonchev–Trinajstić information content (AvgIpc) is 2.73. The molecule has 4 aliphatic carbocycles. The molecule has 0 aliphatic heterocycles. The van der Waals surface area contributed by atoms with E-state index in [0.717, 1.165) is 30.1 Å². The summed E-state index contributed by atoms with van der Waals surface area (Å²) in [6.45, 7) is 7.58. The van der Waals surface area contributed by atoms with Gasteiger partial charge in [0.2, 0.25) is 0 Å². The second-order valence-electron chi connectivity index (χ2n) is 9.78. The molecule has 0 radical (unpaired) electrons. The van der Waals surface area contributed by atoms with Crippen molar-refractivity contribution < 1.29 is 5.11 Å². The van der Waals surface area contributed by atoms with E-state index < -0.39 is 0 Å². The van der Waals surface area contributed by atoms with Crippen LogP contribution in [-0.4, -0.2) is 11.2 Å². The summed E-state index contributed by atoms with van der Waals surface area (Å²) in [7, 11) is 0. The van der Waals surface area contributed by atoms with Gasteiger partial charge in [-0.15, -0.1) is 0 Å². The van der Waals surface area contributed by atoms with E-state index in [1.807, 2.05) is 0 Å². The lowest BCUT2D eigenvalue weighted by Crippen LogP contribution is -2.56. The van der Waals surface area contributed by atoms with Crippen molar-refractivity contribution >= 4 is 0 Å². The van der Waals surface area contributed by atoms with Gasteiger partial charge in [-0.1, -0.05) is 33.6 Å². The minimum absolute atomic E-state index is 0.00102. The summed E-state index contributed by atoms with van der Waals surface area (Å²) < 4.78 is 0. The molecule has 6 unspecified atom stereocenters. The average molecular weight is 290 g/mol. The van der Waals surface area contributed by atoms with Crippen LogP contribution in [0.3, 0.4) is 0 Å². The normalized spacial score (nSPS) is 60.0. The lowest BCUT2D eigenvalue weighted by Gasteiger charge is -2.61. The van der Waals surface area contributed by atoms with Crippen LogP contribution in [0.1, 0.15) is 78.6 Å². The maximum atomic E-state index is 11.0. The van der Waals surface area contributed by atoms with Gasteiger partial charge in [0.25, 0.3) is 0 Å². The van der Waals surface area contributed by atoms with Gasteiger partial charge in [-0.2, -0.15) is 0 Å². The number of rotatable bonds is 0. The molecular formula is C20H34O. The Kier molecular flexibility index (Phi) is 3.27. The summed E-state index contributed by atoms with van der Waals surface area (Å²) in [6.07, 6.45) is 12.4. The smallest absolute Gasteiger partial charge is 0.0577 e. The summed E-state index contributed by atoms with van der Waals surface area (Å²) in [6, 6.07) is 0. The van der Waals surface area contributed by atoms with E-state index in [1.165, 1.54) is 51.4 Å². The highest BCUT2D eigenvalue weighted by molar-refractivity contribution is 5.09. The second-order valence-corrected chi connectivity index (χ2v) is 9.78. The first kappa shape index (κ1) is 14.5. The number of hydrogen-bond donors (Lipinski definition) is 1. The van der Waals surface area contributed by atoms with E-state index in [1.54, 1.807) is 0 Å². The van der Waals surface area contributed by atoms with Gasteiger partial charge in [-0.3, -0.25) is 0 Å². The zero-order valence-electron chi connectivity index (χ0n) is 14.3. The minimum atomic E-state index is 0.00102. The standard InChI is InChI=1S/C20H34O/c1-13-10-16-18-15(7-9-19(16,2)12-13)20(3)8-5-4-6-14(20)11-17(18)21/h13-18,21H,4-12H2,1-3H3/t13?,14?,15?,16?,17?,18?,19-,20+/m1/s1. The molecule has 1 N–H and O–H groups in total. The van der Waals surface area contributed by atoms with Crippen LogP contribution >= 0.6 is 0 Å². The first-order chi connectivity index (χ1) is 9.94. The SMILES string of the molecule is CC1CC2C3C(O)CC4CCCC[C@]4(C)C3CC[C@]2(C)C1. The number of fused-ring (bicyclic) bond motifs is 5. The van der Waals surface area contributed by atoms with Crippen molar-refractivity contribution in [3.8, 4) is 0 Å². The quantitative estimate of drug-likeness (QED) is 0.663. The van der Waals surface area contributed by atoms with E-state index >= 15 is 0 Å². The highest BCUT2D eigenvalue weighted by atomic mass is 16.3. The summed E-state index contributed by atoms with van der Waals surface area (Å²) in [5.41, 5.74) is 1.09. The Hall–Kier alpha value is -0.0400. The van der Waals surface area contributed by atoms with Crippen molar-refractivity contribution in [2.75, 3.05) is 0 Å². The van der Waals surface area contributed by atoms with Crippen LogP contribution in [0.5, 0.6) is 0 Å². The Morgan fingerprint density at radius 1 is 0.952 bits per heavy atom. The highest BCUT2D eigenvalue weighted by Crippen LogP contribution is 2.66. The molecule has 120 valence electrons. The molecule has 1 nitrogen and oxygen atoms in total. The van der Waals surface area contributed by atoms with Crippen molar-refractivity contribution in [3.05, 3.63) is 0 Å². The molecule has 0 spiro atoms. The zero-order chi connectivity index (χ0) is 14.8. The van der Waals surface area contributed by atoms with E-state index in [4.69, 9.17) is 0 Å². The monoisotopic (exact) mass is 290 g/mol. The Labute approximate surface area is 130 Å². The maximum Gasteiger partial charge on any atom is 0.0577 e. The van der Waals surface area contributed by atoms with Gasteiger partial charge < -0.3 is 5.11 Å². The fraction of sp³-hybridized carbons (Fsp3) is 1.00. The molecule has 4 aliphatic rings. The van der Waals surface area contributed by atoms with Crippen molar-refractivity contribution in [3.63, 3.8) is 0 Å². The third kappa shape index (κ3) is 1.98. The molecule has 8 atom stereocenters. The molecule has 4 saturated carbocycles. The zero-order valence-corrected chi connectivity index (χ0v) is 14.3. The third-order valence-electron chi connectivity index (χ3n) is 8.59. The van der Waals surface area contributed by atoms with Crippen LogP contribution in [0.25, 0.3) is 0 Å². The van der Waals surface area contributed by atoms with Gasteiger partial charge in [-0.25, -0.2) is 0 Å². The highest BCUT2D eigenvalue weighted by Gasteiger charge is 2.60. The van der Waals surface area contributed by atoms with Crippen LogP contribution < -0.4 is 0 Å². The van der Waals surface area contributed by atoms with Crippen LogP contribution in [0, 0.1) is 40.4 Å². The largest absolute Gasteiger partial charge is 0.393 e. The van der Waals surface area contributed by atoms with Crippen LogP contribution in [0.4, 0.5) is 0 Å². The van der Waals surface area contributed by atoms with Gasteiger partial charge in [0.1, 0.15) is 0 Å². The Morgan fingerprint density at radius 2 is 1.76 bits per heavy atom. The number of aliphatic hydroxyl groups is 1. The number of aliphatic hydroxyl groups excluding tert-OH is 1. The van der Waals surface area contributed by atoms with E-state index in [9.17, 15) is 5.11 Å². The van der Waals surface area contributed by atoms with Gasteiger partial charge in [0.15, 0.2) is 0 Å². The number of hydrogen-bond acceptors (Lipinski definition) is 1. The fourth-order valence-electron chi connectivity index (χ4n) is 7.68. The summed E-state index contributed by atoms with van der Waals surface area (Å²) >= 11 is 0. The summed E-state index contributed by atoms with van der Waals surface area (Å²) in [5.74, 6) is 3.93. The van der Waals surface area contributed by atoms with E-state index in [-0.39, 0.29) is 6.10 Å². The van der Waals surface area contributed by atoms with Crippen molar-refractivity contribution in [2.45, 2.75) is 84.7 Å². The topological polar surface area (TPSA) is 20.2 Å². The predicted molar refractivity (Wildman–Crippen MR) is 86.9 cm³/mol.